The minimum absolute atomic E-state index is 0.0380. The van der Waals surface area contributed by atoms with Crippen molar-refractivity contribution < 1.29 is 14.6 Å². The molecule has 3 atom stereocenters. The van der Waals surface area contributed by atoms with Crippen molar-refractivity contribution in [2.45, 2.75) is 103 Å². The molecule has 134 valence electrons. The van der Waals surface area contributed by atoms with E-state index < -0.39 is 0 Å². The molecule has 0 aromatic heterocycles. The van der Waals surface area contributed by atoms with E-state index in [4.69, 9.17) is 4.74 Å². The zero-order valence-corrected chi connectivity index (χ0v) is 15.1. The summed E-state index contributed by atoms with van der Waals surface area (Å²) in [5, 5.41) is 10.1. The highest BCUT2D eigenvalue weighted by molar-refractivity contribution is 5.78. The van der Waals surface area contributed by atoms with E-state index in [0.717, 1.165) is 19.3 Å². The van der Waals surface area contributed by atoms with Gasteiger partial charge >= 0.3 is 5.97 Å². The van der Waals surface area contributed by atoms with Crippen molar-refractivity contribution in [1.82, 2.24) is 0 Å². The lowest BCUT2D eigenvalue weighted by Gasteiger charge is -2.35. The quantitative estimate of drug-likeness (QED) is 0.272. The fourth-order valence-electron chi connectivity index (χ4n) is 3.22. The fraction of sp³-hybridized carbons (Fsp3) is 0.850. The third-order valence-corrected chi connectivity index (χ3v) is 4.79. The summed E-state index contributed by atoms with van der Waals surface area (Å²) < 4.78 is 5.18. The first-order valence-electron chi connectivity index (χ1n) is 9.68. The Labute approximate surface area is 142 Å². The highest BCUT2D eigenvalue weighted by Crippen LogP contribution is 2.30. The molecular weight excluding hydrogens is 288 g/mol. The molecule has 0 aliphatic carbocycles. The number of aliphatic hydroxyl groups is 1. The van der Waals surface area contributed by atoms with Crippen molar-refractivity contribution >= 4 is 5.97 Å². The van der Waals surface area contributed by atoms with Crippen molar-refractivity contribution in [2.24, 2.45) is 5.92 Å². The van der Waals surface area contributed by atoms with Gasteiger partial charge in [0.25, 0.3) is 0 Å². The molecule has 0 saturated carbocycles. The van der Waals surface area contributed by atoms with E-state index in [9.17, 15) is 9.90 Å². The number of rotatable bonds is 14. The van der Waals surface area contributed by atoms with Gasteiger partial charge in [0.15, 0.2) is 0 Å². The summed E-state index contributed by atoms with van der Waals surface area (Å²) in [5.74, 6) is -0.146. The van der Waals surface area contributed by atoms with Crippen LogP contribution in [0.3, 0.4) is 0 Å². The summed E-state index contributed by atoms with van der Waals surface area (Å²) in [6, 6.07) is 0. The Hall–Kier alpha value is -0.830. The summed E-state index contributed by atoms with van der Waals surface area (Å²) in [7, 11) is 0. The number of esters is 1. The molecule has 0 bridgehead atoms. The molecular formula is C20H36O3. The minimum Gasteiger partial charge on any atom is -0.461 e. The summed E-state index contributed by atoms with van der Waals surface area (Å²) in [6.07, 6.45) is 17.4. The van der Waals surface area contributed by atoms with Gasteiger partial charge in [0.2, 0.25) is 0 Å². The lowest BCUT2D eigenvalue weighted by atomic mass is 9.88. The average molecular weight is 325 g/mol. The van der Waals surface area contributed by atoms with Crippen molar-refractivity contribution in [2.75, 3.05) is 0 Å². The van der Waals surface area contributed by atoms with Gasteiger partial charge in [-0.25, -0.2) is 0 Å². The molecule has 0 spiro atoms. The van der Waals surface area contributed by atoms with Crippen molar-refractivity contribution in [3.05, 3.63) is 12.2 Å². The molecule has 0 aromatic carbocycles. The molecule has 1 rings (SSSR count). The van der Waals surface area contributed by atoms with Gasteiger partial charge in [-0.15, -0.1) is 0 Å². The first kappa shape index (κ1) is 20.2. The van der Waals surface area contributed by atoms with Crippen LogP contribution in [0.1, 0.15) is 90.9 Å². The molecule has 1 N–H and O–H groups in total. The lowest BCUT2D eigenvalue weighted by Crippen LogP contribution is -2.46. The van der Waals surface area contributed by atoms with Crippen molar-refractivity contribution in [3.8, 4) is 0 Å². The number of cyclic esters (lactones) is 1. The third kappa shape index (κ3) is 8.55. The smallest absolute Gasteiger partial charge is 0.313 e. The fourth-order valence-corrected chi connectivity index (χ4v) is 3.22. The van der Waals surface area contributed by atoms with Gasteiger partial charge < -0.3 is 9.84 Å². The van der Waals surface area contributed by atoms with E-state index >= 15 is 0 Å². The third-order valence-electron chi connectivity index (χ3n) is 4.79. The average Bonchev–Trinajstić information content (AvgIpc) is 2.53. The van der Waals surface area contributed by atoms with Gasteiger partial charge in [0.1, 0.15) is 6.10 Å². The van der Waals surface area contributed by atoms with Crippen LogP contribution in [-0.4, -0.2) is 23.3 Å². The molecule has 0 amide bonds. The molecule has 0 radical (unpaired) electrons. The maximum absolute atomic E-state index is 11.4. The van der Waals surface area contributed by atoms with Gasteiger partial charge in [0.05, 0.1) is 12.0 Å². The summed E-state index contributed by atoms with van der Waals surface area (Å²) in [6.45, 7) is 4.20. The Balaban J connectivity index is 1.98. The van der Waals surface area contributed by atoms with Gasteiger partial charge in [-0.05, 0) is 19.8 Å². The minimum atomic E-state index is -0.328. The van der Waals surface area contributed by atoms with Crippen LogP contribution in [0.15, 0.2) is 12.2 Å². The Morgan fingerprint density at radius 1 is 1.09 bits per heavy atom. The van der Waals surface area contributed by atoms with E-state index in [1.165, 1.54) is 51.4 Å². The molecule has 3 heteroatoms. The SMILES string of the molecule is CC=CC[C@H]1C(=O)O[C@@H]1CC(O)CCCCCCCCCCC. The van der Waals surface area contributed by atoms with Crippen LogP contribution in [0.5, 0.6) is 0 Å². The van der Waals surface area contributed by atoms with Gasteiger partial charge in [-0.3, -0.25) is 4.79 Å². The molecule has 1 aliphatic rings. The topological polar surface area (TPSA) is 46.5 Å². The monoisotopic (exact) mass is 324 g/mol. The largest absolute Gasteiger partial charge is 0.461 e. The molecule has 3 nitrogen and oxygen atoms in total. The normalized spacial score (nSPS) is 22.1. The van der Waals surface area contributed by atoms with Crippen molar-refractivity contribution in [3.63, 3.8) is 0 Å². The van der Waals surface area contributed by atoms with E-state index in [-0.39, 0.29) is 24.1 Å². The maximum atomic E-state index is 11.4. The van der Waals surface area contributed by atoms with Crippen LogP contribution in [0.2, 0.25) is 0 Å². The highest BCUT2D eigenvalue weighted by atomic mass is 16.6. The lowest BCUT2D eigenvalue weighted by molar-refractivity contribution is -0.187. The maximum Gasteiger partial charge on any atom is 0.313 e. The molecule has 1 aliphatic heterocycles. The van der Waals surface area contributed by atoms with Crippen LogP contribution in [0, 0.1) is 5.92 Å². The van der Waals surface area contributed by atoms with Crippen LogP contribution in [0.25, 0.3) is 0 Å². The van der Waals surface area contributed by atoms with E-state index in [2.05, 4.69) is 6.92 Å². The van der Waals surface area contributed by atoms with E-state index in [1.807, 2.05) is 19.1 Å². The zero-order chi connectivity index (χ0) is 16.9. The predicted octanol–water partition coefficient (Wildman–Crippen LogP) is 5.17. The number of carbonyl (C=O) groups excluding carboxylic acids is 1. The number of hydrogen-bond acceptors (Lipinski definition) is 3. The molecule has 23 heavy (non-hydrogen) atoms. The number of ether oxygens (including phenoxy) is 1. The number of unbranched alkanes of at least 4 members (excludes halogenated alkanes) is 8. The number of aliphatic hydroxyl groups excluding tert-OH is 1. The number of hydrogen-bond donors (Lipinski definition) is 1. The Bertz CT molecular complexity index is 338. The first-order chi connectivity index (χ1) is 11.2. The van der Waals surface area contributed by atoms with Crippen LogP contribution >= 0.6 is 0 Å². The summed E-state index contributed by atoms with van der Waals surface area (Å²) in [4.78, 5) is 11.4. The predicted molar refractivity (Wildman–Crippen MR) is 95.3 cm³/mol. The standard InChI is InChI=1S/C20H36O3/c1-3-5-7-8-9-10-11-12-13-14-17(21)16-19-18(15-6-4-2)20(22)23-19/h4,6,17-19,21H,3,5,7-16H2,1-2H3/t17?,18-,19-/m1/s1. The summed E-state index contributed by atoms with van der Waals surface area (Å²) in [5.41, 5.74) is 0. The summed E-state index contributed by atoms with van der Waals surface area (Å²) >= 11 is 0. The van der Waals surface area contributed by atoms with Crippen molar-refractivity contribution in [1.29, 1.82) is 0 Å². The highest BCUT2D eigenvalue weighted by Gasteiger charge is 2.41. The van der Waals surface area contributed by atoms with E-state index in [1.54, 1.807) is 0 Å². The van der Waals surface area contributed by atoms with Gasteiger partial charge in [-0.1, -0.05) is 76.9 Å². The molecule has 1 fully saturated rings. The molecule has 1 unspecified atom stereocenters. The molecule has 1 heterocycles. The molecule has 1 saturated heterocycles. The Morgan fingerprint density at radius 2 is 1.70 bits per heavy atom. The van der Waals surface area contributed by atoms with Gasteiger partial charge in [-0.2, -0.15) is 0 Å². The first-order valence-corrected chi connectivity index (χ1v) is 9.68. The Morgan fingerprint density at radius 3 is 2.26 bits per heavy atom. The van der Waals surface area contributed by atoms with Crippen LogP contribution in [0.4, 0.5) is 0 Å². The van der Waals surface area contributed by atoms with Crippen LogP contribution in [-0.2, 0) is 9.53 Å². The van der Waals surface area contributed by atoms with Gasteiger partial charge in [0, 0.05) is 6.42 Å². The van der Waals surface area contributed by atoms with Crippen LogP contribution < -0.4 is 0 Å². The van der Waals surface area contributed by atoms with E-state index in [0.29, 0.717) is 6.42 Å². The number of carbonyl (C=O) groups is 1. The molecule has 0 aromatic rings. The second kappa shape index (κ2) is 12.6. The Kier molecular flexibility index (Phi) is 11.1. The zero-order valence-electron chi connectivity index (χ0n) is 15.1. The number of allylic oxidation sites excluding steroid dienone is 2. The second-order valence-corrected chi connectivity index (χ2v) is 6.89. The second-order valence-electron chi connectivity index (χ2n) is 6.89.